The highest BCUT2D eigenvalue weighted by Gasteiger charge is 2.10. The Morgan fingerprint density at radius 2 is 1.87 bits per heavy atom. The van der Waals surface area contributed by atoms with E-state index >= 15 is 0 Å². The first-order valence-corrected chi connectivity index (χ1v) is 5.73. The zero-order chi connectivity index (χ0) is 10.1. The van der Waals surface area contributed by atoms with Crippen LogP contribution in [0.4, 0.5) is 0 Å². The van der Waals surface area contributed by atoms with Gasteiger partial charge in [0.1, 0.15) is 0 Å². The van der Waals surface area contributed by atoms with Crippen molar-refractivity contribution < 1.29 is 0 Å². The second kappa shape index (κ2) is 3.65. The molecule has 1 aliphatic rings. The van der Waals surface area contributed by atoms with Crippen molar-refractivity contribution in [3.05, 3.63) is 41.6 Å². The summed E-state index contributed by atoms with van der Waals surface area (Å²) in [4.78, 5) is 4.74. The maximum atomic E-state index is 4.74. The lowest BCUT2D eigenvalue weighted by Gasteiger charge is -2.05. The smallest absolute Gasteiger partial charge is 0.0711 e. The second-order valence-electron chi connectivity index (χ2n) is 4.24. The summed E-state index contributed by atoms with van der Waals surface area (Å²) < 4.78 is 0. The largest absolute Gasteiger partial charge is 0.253 e. The van der Waals surface area contributed by atoms with Crippen LogP contribution in [-0.2, 0) is 12.8 Å². The van der Waals surface area contributed by atoms with Crippen LogP contribution in [0.1, 0.15) is 30.5 Å². The first-order valence-electron chi connectivity index (χ1n) is 5.73. The van der Waals surface area contributed by atoms with Crippen LogP contribution < -0.4 is 0 Å². The molecule has 0 atom stereocenters. The summed E-state index contributed by atoms with van der Waals surface area (Å²) in [6, 6.07) is 11.8. The standard InChI is InChI=1S/C14H14N/c1-2-6-11-10-12-7-4-5-9-14(12)15-13(11)8-3-1/h4-5,7,9H,1-3,6,8H2. The van der Waals surface area contributed by atoms with E-state index in [2.05, 4.69) is 24.3 Å². The highest BCUT2D eigenvalue weighted by molar-refractivity contribution is 5.78. The lowest BCUT2D eigenvalue weighted by Crippen LogP contribution is -1.96. The molecule has 1 radical (unpaired) electrons. The SMILES string of the molecule is [c]1c2c(nc3ccccc13)CCCCC2. The average molecular weight is 196 g/mol. The van der Waals surface area contributed by atoms with Gasteiger partial charge in [-0.2, -0.15) is 0 Å². The molecule has 1 heteroatoms. The third-order valence-corrected chi connectivity index (χ3v) is 3.13. The molecule has 0 bridgehead atoms. The Morgan fingerprint density at radius 3 is 2.87 bits per heavy atom. The molecular weight excluding hydrogens is 182 g/mol. The fourth-order valence-electron chi connectivity index (χ4n) is 2.31. The van der Waals surface area contributed by atoms with Crippen LogP contribution in [-0.4, -0.2) is 4.98 Å². The van der Waals surface area contributed by atoms with Gasteiger partial charge in [0.2, 0.25) is 0 Å². The molecule has 1 aromatic carbocycles. The first-order chi connectivity index (χ1) is 7.43. The number of fused-ring (bicyclic) bond motifs is 2. The predicted molar refractivity (Wildman–Crippen MR) is 61.8 cm³/mol. The molecule has 0 saturated carbocycles. The van der Waals surface area contributed by atoms with Crippen LogP contribution in [0.25, 0.3) is 10.9 Å². The van der Waals surface area contributed by atoms with E-state index in [0.29, 0.717) is 0 Å². The van der Waals surface area contributed by atoms with Gasteiger partial charge in [-0.1, -0.05) is 24.6 Å². The van der Waals surface area contributed by atoms with E-state index in [-0.39, 0.29) is 0 Å². The summed E-state index contributed by atoms with van der Waals surface area (Å²) in [7, 11) is 0. The summed E-state index contributed by atoms with van der Waals surface area (Å²) in [5.74, 6) is 0. The quantitative estimate of drug-likeness (QED) is 0.589. The van der Waals surface area contributed by atoms with Gasteiger partial charge in [-0.05, 0) is 43.4 Å². The minimum Gasteiger partial charge on any atom is -0.253 e. The van der Waals surface area contributed by atoms with Crippen molar-refractivity contribution >= 4 is 10.9 Å². The number of rotatable bonds is 0. The molecule has 0 spiro atoms. The van der Waals surface area contributed by atoms with Gasteiger partial charge in [0.05, 0.1) is 5.52 Å². The van der Waals surface area contributed by atoms with E-state index < -0.39 is 0 Å². The Labute approximate surface area is 90.2 Å². The molecule has 2 aromatic rings. The van der Waals surface area contributed by atoms with Crippen LogP contribution in [0, 0.1) is 6.07 Å². The maximum absolute atomic E-state index is 4.74. The monoisotopic (exact) mass is 196 g/mol. The zero-order valence-corrected chi connectivity index (χ0v) is 8.79. The summed E-state index contributed by atoms with van der Waals surface area (Å²) in [5, 5.41) is 1.16. The maximum Gasteiger partial charge on any atom is 0.0711 e. The van der Waals surface area contributed by atoms with Crippen LogP contribution >= 0.6 is 0 Å². The van der Waals surface area contributed by atoms with Gasteiger partial charge < -0.3 is 0 Å². The van der Waals surface area contributed by atoms with Gasteiger partial charge in [0.15, 0.2) is 0 Å². The van der Waals surface area contributed by atoms with Gasteiger partial charge in [-0.25, -0.2) is 0 Å². The van der Waals surface area contributed by atoms with Crippen LogP contribution in [0.2, 0.25) is 0 Å². The fraction of sp³-hybridized carbons (Fsp3) is 0.357. The van der Waals surface area contributed by atoms with Crippen LogP contribution in [0.3, 0.4) is 0 Å². The van der Waals surface area contributed by atoms with Crippen molar-refractivity contribution in [2.24, 2.45) is 0 Å². The Balaban J connectivity index is 2.20. The van der Waals surface area contributed by atoms with Gasteiger partial charge in [0.25, 0.3) is 0 Å². The van der Waals surface area contributed by atoms with Gasteiger partial charge >= 0.3 is 0 Å². The summed E-state index contributed by atoms with van der Waals surface area (Å²) in [5.41, 5.74) is 3.73. The van der Waals surface area contributed by atoms with E-state index in [4.69, 9.17) is 4.98 Å². The molecule has 0 fully saturated rings. The number of pyridine rings is 1. The summed E-state index contributed by atoms with van der Waals surface area (Å²) in [6.45, 7) is 0. The number of hydrogen-bond acceptors (Lipinski definition) is 1. The van der Waals surface area contributed by atoms with Crippen molar-refractivity contribution in [2.45, 2.75) is 32.1 Å². The molecule has 3 rings (SSSR count). The van der Waals surface area contributed by atoms with E-state index in [0.717, 1.165) is 23.7 Å². The Bertz CT molecular complexity index is 443. The van der Waals surface area contributed by atoms with Gasteiger partial charge in [-0.15, -0.1) is 0 Å². The molecule has 1 nitrogen and oxygen atoms in total. The normalized spacial score (nSPS) is 16.0. The molecule has 75 valence electrons. The van der Waals surface area contributed by atoms with E-state index in [1.165, 1.54) is 30.5 Å². The highest BCUT2D eigenvalue weighted by atomic mass is 14.7. The first kappa shape index (κ1) is 8.90. The second-order valence-corrected chi connectivity index (χ2v) is 4.24. The Morgan fingerprint density at radius 1 is 1.00 bits per heavy atom. The summed E-state index contributed by atoms with van der Waals surface area (Å²) >= 11 is 0. The fourth-order valence-corrected chi connectivity index (χ4v) is 2.31. The minimum atomic E-state index is 1.10. The number of para-hydroxylation sites is 1. The molecule has 1 aromatic heterocycles. The van der Waals surface area contributed by atoms with Crippen molar-refractivity contribution in [1.82, 2.24) is 4.98 Å². The highest BCUT2D eigenvalue weighted by Crippen LogP contribution is 2.22. The molecule has 15 heavy (non-hydrogen) atoms. The minimum absolute atomic E-state index is 1.10. The van der Waals surface area contributed by atoms with Crippen LogP contribution in [0.15, 0.2) is 24.3 Å². The average Bonchev–Trinajstić information content (AvgIpc) is 2.50. The van der Waals surface area contributed by atoms with Crippen LogP contribution in [0.5, 0.6) is 0 Å². The Hall–Kier alpha value is -1.37. The molecule has 1 aliphatic carbocycles. The van der Waals surface area contributed by atoms with Gasteiger partial charge in [-0.3, -0.25) is 4.98 Å². The summed E-state index contributed by atoms with van der Waals surface area (Å²) in [6.07, 6.45) is 6.21. The van der Waals surface area contributed by atoms with Crippen molar-refractivity contribution in [3.8, 4) is 0 Å². The number of nitrogens with zero attached hydrogens (tertiary/aromatic N) is 1. The molecule has 0 saturated heterocycles. The zero-order valence-electron chi connectivity index (χ0n) is 8.79. The topological polar surface area (TPSA) is 12.9 Å². The van der Waals surface area contributed by atoms with E-state index in [1.54, 1.807) is 0 Å². The molecule has 1 heterocycles. The molecule has 0 unspecified atom stereocenters. The number of aromatic nitrogens is 1. The Kier molecular flexibility index (Phi) is 2.17. The van der Waals surface area contributed by atoms with E-state index in [9.17, 15) is 0 Å². The van der Waals surface area contributed by atoms with Crippen molar-refractivity contribution in [2.75, 3.05) is 0 Å². The molecule has 0 aliphatic heterocycles. The third-order valence-electron chi connectivity index (χ3n) is 3.13. The van der Waals surface area contributed by atoms with Crippen molar-refractivity contribution in [1.29, 1.82) is 0 Å². The van der Waals surface area contributed by atoms with E-state index in [1.807, 2.05) is 6.07 Å². The lowest BCUT2D eigenvalue weighted by molar-refractivity contribution is 0.709. The predicted octanol–water partition coefficient (Wildman–Crippen LogP) is 3.30. The molecule has 0 amide bonds. The molecule has 0 N–H and O–H groups in total. The van der Waals surface area contributed by atoms with Gasteiger partial charge in [0, 0.05) is 11.1 Å². The number of aryl methyl sites for hydroxylation is 2. The third kappa shape index (κ3) is 1.63. The number of benzene rings is 1. The number of hydrogen-bond donors (Lipinski definition) is 0. The lowest BCUT2D eigenvalue weighted by atomic mass is 10.1. The van der Waals surface area contributed by atoms with Crippen molar-refractivity contribution in [3.63, 3.8) is 0 Å². The molecular formula is C14H14N.